The first-order valence-electron chi connectivity index (χ1n) is 7.24. The summed E-state index contributed by atoms with van der Waals surface area (Å²) in [7, 11) is 0. The Balaban J connectivity index is 2.04. The highest BCUT2D eigenvalue weighted by Crippen LogP contribution is 2.26. The van der Waals surface area contributed by atoms with Gasteiger partial charge < -0.3 is 16.0 Å². The van der Waals surface area contributed by atoms with Gasteiger partial charge in [-0.1, -0.05) is 12.2 Å². The van der Waals surface area contributed by atoms with Gasteiger partial charge >= 0.3 is 0 Å². The van der Waals surface area contributed by atoms with E-state index in [0.717, 1.165) is 49.4 Å². The molecule has 0 spiro atoms. The molecule has 1 aliphatic rings. The van der Waals surface area contributed by atoms with Crippen LogP contribution in [0.2, 0.25) is 0 Å². The quantitative estimate of drug-likeness (QED) is 0.822. The molecule has 0 aliphatic carbocycles. The summed E-state index contributed by atoms with van der Waals surface area (Å²) >= 11 is 5.16. The summed E-state index contributed by atoms with van der Waals surface area (Å²) in [6, 6.07) is 1.93. The Hall–Kier alpha value is -1.69. The fourth-order valence-corrected chi connectivity index (χ4v) is 2.98. The zero-order valence-electron chi connectivity index (χ0n) is 12.6. The lowest BCUT2D eigenvalue weighted by atomic mass is 9.96. The highest BCUT2D eigenvalue weighted by atomic mass is 32.1. The van der Waals surface area contributed by atoms with E-state index in [9.17, 15) is 4.79 Å². The Kier molecular flexibility index (Phi) is 5.12. The molecule has 0 aromatic carbocycles. The van der Waals surface area contributed by atoms with Crippen molar-refractivity contribution in [3.05, 3.63) is 23.4 Å². The smallest absolute Gasteiger partial charge is 0.216 e. The van der Waals surface area contributed by atoms with Gasteiger partial charge in [0, 0.05) is 32.8 Å². The molecule has 0 unspecified atom stereocenters. The van der Waals surface area contributed by atoms with E-state index in [4.69, 9.17) is 18.0 Å². The van der Waals surface area contributed by atoms with E-state index in [1.807, 2.05) is 13.0 Å². The summed E-state index contributed by atoms with van der Waals surface area (Å²) in [5, 5.41) is 2.89. The second-order valence-electron chi connectivity index (χ2n) is 5.56. The number of thiocarbonyl (C=S) groups is 1. The number of nitrogens with one attached hydrogen (secondary N) is 1. The van der Waals surface area contributed by atoms with E-state index in [2.05, 4.69) is 15.2 Å². The van der Waals surface area contributed by atoms with Crippen molar-refractivity contribution in [1.82, 2.24) is 10.3 Å². The molecule has 0 radical (unpaired) electrons. The van der Waals surface area contributed by atoms with Gasteiger partial charge in [0.05, 0.1) is 5.56 Å². The van der Waals surface area contributed by atoms with Crippen LogP contribution in [-0.2, 0) is 4.79 Å². The number of nitrogens with two attached hydrogens (primary N) is 1. The normalized spacial score (nSPS) is 15.8. The van der Waals surface area contributed by atoms with Crippen molar-refractivity contribution in [2.75, 3.05) is 24.5 Å². The van der Waals surface area contributed by atoms with E-state index >= 15 is 0 Å². The average molecular weight is 306 g/mol. The highest BCUT2D eigenvalue weighted by Gasteiger charge is 2.23. The van der Waals surface area contributed by atoms with Crippen LogP contribution in [0.5, 0.6) is 0 Å². The van der Waals surface area contributed by atoms with Crippen molar-refractivity contribution < 1.29 is 4.79 Å². The van der Waals surface area contributed by atoms with Gasteiger partial charge in [0.1, 0.15) is 10.8 Å². The molecule has 1 aromatic heterocycles. The monoisotopic (exact) mass is 306 g/mol. The van der Waals surface area contributed by atoms with E-state index < -0.39 is 0 Å². The molecule has 5 nitrogen and oxygen atoms in total. The molecule has 1 aromatic rings. The SMILES string of the molecule is CC(=O)NCC1CCN(c2nccc(C)c2C(N)=S)CC1. The number of piperidine rings is 1. The molecule has 0 saturated carbocycles. The van der Waals surface area contributed by atoms with E-state index in [1.54, 1.807) is 13.1 Å². The maximum atomic E-state index is 11.0. The molecule has 1 aliphatic heterocycles. The molecular weight excluding hydrogens is 284 g/mol. The van der Waals surface area contributed by atoms with Crippen LogP contribution in [0.15, 0.2) is 12.3 Å². The summed E-state index contributed by atoms with van der Waals surface area (Å²) in [5.74, 6) is 1.46. The van der Waals surface area contributed by atoms with Crippen molar-refractivity contribution in [3.63, 3.8) is 0 Å². The molecule has 2 rings (SSSR count). The van der Waals surface area contributed by atoms with Gasteiger partial charge in [-0.25, -0.2) is 4.98 Å². The van der Waals surface area contributed by atoms with Crippen LogP contribution in [0.3, 0.4) is 0 Å². The van der Waals surface area contributed by atoms with E-state index in [-0.39, 0.29) is 5.91 Å². The van der Waals surface area contributed by atoms with Gasteiger partial charge in [-0.15, -0.1) is 0 Å². The van der Waals surface area contributed by atoms with Gasteiger partial charge in [-0.05, 0) is 37.3 Å². The van der Waals surface area contributed by atoms with Crippen molar-refractivity contribution in [2.24, 2.45) is 11.7 Å². The number of hydrogen-bond donors (Lipinski definition) is 2. The summed E-state index contributed by atoms with van der Waals surface area (Å²) in [6.07, 6.45) is 3.87. The maximum Gasteiger partial charge on any atom is 0.216 e. The van der Waals surface area contributed by atoms with Crippen molar-refractivity contribution >= 4 is 28.9 Å². The Labute approximate surface area is 130 Å². The first-order valence-corrected chi connectivity index (χ1v) is 7.64. The number of anilines is 1. The predicted octanol–water partition coefficient (Wildman–Crippen LogP) is 1.38. The summed E-state index contributed by atoms with van der Waals surface area (Å²) in [6.45, 7) is 6.14. The average Bonchev–Trinajstić information content (AvgIpc) is 2.45. The maximum absolute atomic E-state index is 11.0. The largest absolute Gasteiger partial charge is 0.389 e. The number of carbonyl (C=O) groups is 1. The van der Waals surface area contributed by atoms with Crippen LogP contribution < -0.4 is 16.0 Å². The standard InChI is InChI=1S/C15H22N4OS/c1-10-3-6-17-15(13(10)14(16)21)19-7-4-12(5-8-19)9-18-11(2)20/h3,6,12H,4-5,7-9H2,1-2H3,(H2,16,21)(H,18,20). The lowest BCUT2D eigenvalue weighted by Crippen LogP contribution is -2.39. The van der Waals surface area contributed by atoms with Gasteiger partial charge in [-0.3, -0.25) is 4.79 Å². The number of carbonyl (C=O) groups excluding carboxylic acids is 1. The lowest BCUT2D eigenvalue weighted by Gasteiger charge is -2.34. The zero-order valence-corrected chi connectivity index (χ0v) is 13.4. The first-order chi connectivity index (χ1) is 9.99. The van der Waals surface area contributed by atoms with Gasteiger partial charge in [0.15, 0.2) is 0 Å². The van der Waals surface area contributed by atoms with Crippen molar-refractivity contribution in [3.8, 4) is 0 Å². The number of hydrogen-bond acceptors (Lipinski definition) is 4. The van der Waals surface area contributed by atoms with E-state index in [0.29, 0.717) is 10.9 Å². The number of pyridine rings is 1. The molecule has 1 fully saturated rings. The highest BCUT2D eigenvalue weighted by molar-refractivity contribution is 7.80. The number of aryl methyl sites for hydroxylation is 1. The lowest BCUT2D eigenvalue weighted by molar-refractivity contribution is -0.119. The third kappa shape index (κ3) is 3.91. The van der Waals surface area contributed by atoms with Crippen molar-refractivity contribution in [1.29, 1.82) is 0 Å². The number of amides is 1. The Morgan fingerprint density at radius 2 is 2.19 bits per heavy atom. The van der Waals surface area contributed by atoms with Crippen LogP contribution >= 0.6 is 12.2 Å². The zero-order chi connectivity index (χ0) is 15.4. The van der Waals surface area contributed by atoms with Crippen molar-refractivity contribution in [2.45, 2.75) is 26.7 Å². The number of rotatable bonds is 4. The molecule has 114 valence electrons. The summed E-state index contributed by atoms with van der Waals surface area (Å²) in [4.78, 5) is 18.1. The second-order valence-corrected chi connectivity index (χ2v) is 6.00. The molecule has 0 bridgehead atoms. The third-order valence-electron chi connectivity index (χ3n) is 3.94. The first kappa shape index (κ1) is 15.7. The van der Waals surface area contributed by atoms with E-state index in [1.165, 1.54) is 0 Å². The minimum Gasteiger partial charge on any atom is -0.389 e. The minimum absolute atomic E-state index is 0.0357. The molecular formula is C15H22N4OS. The number of nitrogens with zero attached hydrogens (tertiary/aromatic N) is 2. The fraction of sp³-hybridized carbons (Fsp3) is 0.533. The molecule has 1 amide bonds. The molecule has 1 saturated heterocycles. The summed E-state index contributed by atoms with van der Waals surface area (Å²) in [5.41, 5.74) is 7.79. The Bertz CT molecular complexity index is 538. The van der Waals surface area contributed by atoms with Crippen LogP contribution in [0.4, 0.5) is 5.82 Å². The Morgan fingerprint density at radius 3 is 2.76 bits per heavy atom. The van der Waals surface area contributed by atoms with Crippen LogP contribution in [-0.4, -0.2) is 35.5 Å². The predicted molar refractivity (Wildman–Crippen MR) is 88.5 cm³/mol. The third-order valence-corrected chi connectivity index (χ3v) is 4.14. The Morgan fingerprint density at radius 1 is 1.52 bits per heavy atom. The molecule has 3 N–H and O–H groups in total. The number of aromatic nitrogens is 1. The molecule has 6 heteroatoms. The van der Waals surface area contributed by atoms with Crippen LogP contribution in [0.1, 0.15) is 30.9 Å². The summed E-state index contributed by atoms with van der Waals surface area (Å²) < 4.78 is 0. The van der Waals surface area contributed by atoms with Gasteiger partial charge in [0.2, 0.25) is 5.91 Å². The molecule has 2 heterocycles. The minimum atomic E-state index is 0.0357. The van der Waals surface area contributed by atoms with Crippen LogP contribution in [0, 0.1) is 12.8 Å². The van der Waals surface area contributed by atoms with Gasteiger partial charge in [-0.2, -0.15) is 0 Å². The second kappa shape index (κ2) is 6.85. The topological polar surface area (TPSA) is 71.2 Å². The van der Waals surface area contributed by atoms with Crippen LogP contribution in [0.25, 0.3) is 0 Å². The van der Waals surface area contributed by atoms with Gasteiger partial charge in [0.25, 0.3) is 0 Å². The molecule has 0 atom stereocenters. The fourth-order valence-electron chi connectivity index (χ4n) is 2.73. The molecule has 21 heavy (non-hydrogen) atoms.